The molecule has 0 fully saturated rings. The first kappa shape index (κ1) is 19.0. The molecule has 26 heavy (non-hydrogen) atoms. The third-order valence-corrected chi connectivity index (χ3v) is 5.75. The summed E-state index contributed by atoms with van der Waals surface area (Å²) in [5.74, 6) is 0.767. The molecule has 8 heteroatoms. The van der Waals surface area contributed by atoms with E-state index >= 15 is 0 Å². The van der Waals surface area contributed by atoms with Crippen molar-refractivity contribution in [3.8, 4) is 16.3 Å². The number of halogens is 1. The van der Waals surface area contributed by atoms with Crippen molar-refractivity contribution in [2.24, 2.45) is 10.1 Å². The van der Waals surface area contributed by atoms with Crippen LogP contribution in [0.3, 0.4) is 0 Å². The fourth-order valence-corrected chi connectivity index (χ4v) is 4.31. The van der Waals surface area contributed by atoms with Crippen molar-refractivity contribution in [1.82, 2.24) is 4.68 Å². The number of hydrogen-bond acceptors (Lipinski definition) is 6. The first-order valence-electron chi connectivity index (χ1n) is 7.84. The molecule has 3 aromatic rings. The van der Waals surface area contributed by atoms with E-state index in [-0.39, 0.29) is 0 Å². The van der Waals surface area contributed by atoms with Gasteiger partial charge in [-0.3, -0.25) is 4.99 Å². The average Bonchev–Trinajstić information content (AvgIpc) is 3.30. The second-order valence-electron chi connectivity index (χ2n) is 5.20. The number of thiophene rings is 1. The molecule has 1 aromatic carbocycles. The smallest absolute Gasteiger partial charge is 0.206 e. The van der Waals surface area contributed by atoms with E-state index in [0.717, 1.165) is 31.2 Å². The number of nitrogens with zero attached hydrogens (tertiary/aromatic N) is 3. The van der Waals surface area contributed by atoms with Gasteiger partial charge in [0.15, 0.2) is 0 Å². The van der Waals surface area contributed by atoms with Crippen LogP contribution in [0.15, 0.2) is 55.7 Å². The lowest BCUT2D eigenvalue weighted by molar-refractivity contribution is 0.207. The maximum atomic E-state index is 5.43. The van der Waals surface area contributed by atoms with Gasteiger partial charge in [0, 0.05) is 22.5 Å². The Kier molecular flexibility index (Phi) is 6.79. The zero-order valence-corrected chi connectivity index (χ0v) is 17.6. The first-order valence-corrected chi connectivity index (χ1v) is 10.4. The predicted molar refractivity (Wildman–Crippen MR) is 112 cm³/mol. The molecule has 0 unspecified atom stereocenters. The van der Waals surface area contributed by atoms with E-state index in [1.54, 1.807) is 43.1 Å². The summed E-state index contributed by atoms with van der Waals surface area (Å²) >= 11 is 6.74. The predicted octanol–water partition coefficient (Wildman–Crippen LogP) is 4.48. The molecule has 0 saturated carbocycles. The molecule has 2 heterocycles. The van der Waals surface area contributed by atoms with Crippen LogP contribution >= 0.6 is 38.6 Å². The fourth-order valence-electron chi connectivity index (χ4n) is 2.27. The van der Waals surface area contributed by atoms with Crippen LogP contribution in [-0.4, -0.2) is 38.3 Å². The molecule has 0 atom stereocenters. The second-order valence-corrected chi connectivity index (χ2v) is 7.90. The van der Waals surface area contributed by atoms with Crippen LogP contribution in [0.1, 0.15) is 5.56 Å². The highest BCUT2D eigenvalue weighted by atomic mass is 79.9. The normalized spacial score (nSPS) is 12.2. The van der Waals surface area contributed by atoms with E-state index < -0.39 is 0 Å². The van der Waals surface area contributed by atoms with E-state index in [1.165, 1.54) is 0 Å². The molecule has 0 amide bonds. The van der Waals surface area contributed by atoms with Crippen molar-refractivity contribution < 1.29 is 9.47 Å². The van der Waals surface area contributed by atoms with E-state index in [9.17, 15) is 0 Å². The monoisotopic (exact) mass is 451 g/mol. The van der Waals surface area contributed by atoms with Crippen molar-refractivity contribution in [2.45, 2.75) is 0 Å². The molecule has 5 nitrogen and oxygen atoms in total. The number of aromatic nitrogens is 1. The minimum absolute atomic E-state index is 0.579. The minimum atomic E-state index is 0.579. The molecule has 136 valence electrons. The highest BCUT2D eigenvalue weighted by Gasteiger charge is 2.09. The molecule has 2 aromatic heterocycles. The van der Waals surface area contributed by atoms with Gasteiger partial charge in [-0.05, 0) is 29.6 Å². The molecular weight excluding hydrogens is 434 g/mol. The van der Waals surface area contributed by atoms with Crippen molar-refractivity contribution in [1.29, 1.82) is 0 Å². The van der Waals surface area contributed by atoms with E-state index in [0.29, 0.717) is 13.2 Å². The molecule has 0 spiro atoms. The summed E-state index contributed by atoms with van der Waals surface area (Å²) in [7, 11) is 3.33. The zero-order valence-electron chi connectivity index (χ0n) is 14.4. The number of hydrogen-bond donors (Lipinski definition) is 0. The number of ether oxygens (including phenoxy) is 2. The summed E-state index contributed by atoms with van der Waals surface area (Å²) < 4.78 is 13.4. The van der Waals surface area contributed by atoms with Gasteiger partial charge < -0.3 is 9.47 Å². The third kappa shape index (κ3) is 4.50. The van der Waals surface area contributed by atoms with Crippen LogP contribution in [0.2, 0.25) is 0 Å². The molecule has 3 rings (SSSR count). The molecular formula is C18H18BrN3O2S2. The summed E-state index contributed by atoms with van der Waals surface area (Å²) in [5, 5.41) is 8.83. The Morgan fingerprint density at radius 3 is 2.85 bits per heavy atom. The Balaban J connectivity index is 2.04. The maximum Gasteiger partial charge on any atom is 0.206 e. The number of benzene rings is 1. The largest absolute Gasteiger partial charge is 0.496 e. The van der Waals surface area contributed by atoms with Crippen LogP contribution in [0.25, 0.3) is 10.6 Å². The van der Waals surface area contributed by atoms with Gasteiger partial charge in [-0.25, -0.2) is 4.68 Å². The summed E-state index contributed by atoms with van der Waals surface area (Å²) in [4.78, 5) is 6.58. The summed E-state index contributed by atoms with van der Waals surface area (Å²) in [6, 6.07) is 9.94. The highest BCUT2D eigenvalue weighted by Crippen LogP contribution is 2.26. The summed E-state index contributed by atoms with van der Waals surface area (Å²) in [6.07, 6.45) is 1.79. The fraction of sp³-hybridized carbons (Fsp3) is 0.222. The molecule has 0 aliphatic carbocycles. The van der Waals surface area contributed by atoms with E-state index in [1.807, 2.05) is 28.9 Å². The number of thiazole rings is 1. The van der Waals surface area contributed by atoms with Gasteiger partial charge in [-0.2, -0.15) is 5.10 Å². The van der Waals surface area contributed by atoms with Gasteiger partial charge in [0.2, 0.25) is 4.80 Å². The van der Waals surface area contributed by atoms with Gasteiger partial charge in [0.1, 0.15) is 5.75 Å². The van der Waals surface area contributed by atoms with Crippen molar-refractivity contribution in [2.75, 3.05) is 27.4 Å². The summed E-state index contributed by atoms with van der Waals surface area (Å²) in [6.45, 7) is 1.17. The Morgan fingerprint density at radius 2 is 2.12 bits per heavy atom. The Labute approximate surface area is 168 Å². The number of rotatable bonds is 7. The van der Waals surface area contributed by atoms with Gasteiger partial charge in [0.25, 0.3) is 0 Å². The minimum Gasteiger partial charge on any atom is -0.496 e. The lowest BCUT2D eigenvalue weighted by Gasteiger charge is -2.05. The molecule has 0 saturated heterocycles. The van der Waals surface area contributed by atoms with Crippen molar-refractivity contribution >= 4 is 44.8 Å². The van der Waals surface area contributed by atoms with Gasteiger partial charge in [0.05, 0.1) is 37.0 Å². The number of methoxy groups -OCH3 is 2. The standard InChI is InChI=1S/C18H18BrN3O2S2/c1-23-8-7-20-18-22(15(12-26-18)17-4-3-9-25-17)21-11-13-10-14(19)5-6-16(13)24-2/h3-6,9-12H,7-8H2,1-2H3/b20-18?,21-11-. The maximum absolute atomic E-state index is 5.43. The topological polar surface area (TPSA) is 48.1 Å². The quantitative estimate of drug-likeness (QED) is 0.392. The SMILES string of the molecule is COCCN=c1scc(-c2cccs2)n1/N=C\c1cc(Br)ccc1OC. The van der Waals surface area contributed by atoms with Gasteiger partial charge >= 0.3 is 0 Å². The van der Waals surface area contributed by atoms with Crippen LogP contribution in [0.4, 0.5) is 0 Å². The lowest BCUT2D eigenvalue weighted by Crippen LogP contribution is -2.13. The second kappa shape index (κ2) is 9.27. The molecule has 0 aliphatic rings. The highest BCUT2D eigenvalue weighted by molar-refractivity contribution is 9.10. The van der Waals surface area contributed by atoms with E-state index in [4.69, 9.17) is 14.6 Å². The van der Waals surface area contributed by atoms with Crippen molar-refractivity contribution in [3.05, 3.63) is 55.9 Å². The third-order valence-electron chi connectivity index (χ3n) is 3.51. The molecule has 0 aliphatic heterocycles. The van der Waals surface area contributed by atoms with Crippen LogP contribution < -0.4 is 9.54 Å². The van der Waals surface area contributed by atoms with E-state index in [2.05, 4.69) is 37.7 Å². The van der Waals surface area contributed by atoms with Gasteiger partial charge in [-0.15, -0.1) is 22.7 Å². The lowest BCUT2D eigenvalue weighted by atomic mass is 10.2. The first-order chi connectivity index (χ1) is 12.7. The zero-order chi connectivity index (χ0) is 18.4. The van der Waals surface area contributed by atoms with Gasteiger partial charge in [-0.1, -0.05) is 22.0 Å². The average molecular weight is 452 g/mol. The summed E-state index contributed by atoms with van der Waals surface area (Å²) in [5.41, 5.74) is 1.91. The molecule has 0 radical (unpaired) electrons. The molecule has 0 bridgehead atoms. The Morgan fingerprint density at radius 1 is 1.23 bits per heavy atom. The van der Waals surface area contributed by atoms with Crippen LogP contribution in [-0.2, 0) is 4.74 Å². The Hall–Kier alpha value is -1.74. The van der Waals surface area contributed by atoms with Crippen LogP contribution in [0.5, 0.6) is 5.75 Å². The molecule has 0 N–H and O–H groups in total. The Bertz CT molecular complexity index is 946. The van der Waals surface area contributed by atoms with Crippen LogP contribution in [0, 0.1) is 0 Å². The van der Waals surface area contributed by atoms with Crippen molar-refractivity contribution in [3.63, 3.8) is 0 Å².